The Kier molecular flexibility index (Phi) is 7.27. The van der Waals surface area contributed by atoms with Crippen LogP contribution in [0.5, 0.6) is 0 Å². The first-order valence-electron chi connectivity index (χ1n) is 10.8. The Morgan fingerprint density at radius 1 is 1.17 bits per heavy atom. The average Bonchev–Trinajstić information content (AvgIpc) is 3.34. The molecule has 184 valence electrons. The van der Waals surface area contributed by atoms with Crippen molar-refractivity contribution in [1.82, 2.24) is 20.0 Å². The van der Waals surface area contributed by atoms with Crippen molar-refractivity contribution in [2.45, 2.75) is 19.1 Å². The highest BCUT2D eigenvalue weighted by molar-refractivity contribution is 8.18. The highest BCUT2D eigenvalue weighted by Crippen LogP contribution is 2.33. The van der Waals surface area contributed by atoms with Crippen molar-refractivity contribution in [3.05, 3.63) is 70.0 Å². The summed E-state index contributed by atoms with van der Waals surface area (Å²) in [6.07, 6.45) is -0.480. The van der Waals surface area contributed by atoms with E-state index in [2.05, 4.69) is 20.3 Å². The average molecular weight is 506 g/mol. The Bertz CT molecular complexity index is 1310. The Labute approximate surface area is 203 Å². The number of thioether (sulfide) groups is 1. The van der Waals surface area contributed by atoms with E-state index in [1.807, 2.05) is 14.1 Å². The number of benzene rings is 2. The van der Waals surface area contributed by atoms with Gasteiger partial charge in [-0.05, 0) is 80.3 Å². The van der Waals surface area contributed by atoms with Gasteiger partial charge in [0, 0.05) is 11.9 Å². The molecule has 6 nitrogen and oxygen atoms in total. The molecule has 1 amide bonds. The fourth-order valence-electron chi connectivity index (χ4n) is 3.66. The molecule has 0 aliphatic carbocycles. The summed E-state index contributed by atoms with van der Waals surface area (Å²) in [7, 11) is 3.99. The van der Waals surface area contributed by atoms with E-state index >= 15 is 0 Å². The predicted molar refractivity (Wildman–Crippen MR) is 129 cm³/mol. The smallest absolute Gasteiger partial charge is 0.364 e. The quantitative estimate of drug-likeness (QED) is 0.285. The SMILES string of the molecule is CN(C)CCCNC1=NC(=O)/C(=C/c2ccc3c(cnn3Cc3ccc(F)cc3C(F)(F)F)c2)S1. The van der Waals surface area contributed by atoms with Gasteiger partial charge in [0.2, 0.25) is 0 Å². The molecule has 4 rings (SSSR count). The Balaban J connectivity index is 1.48. The van der Waals surface area contributed by atoms with Gasteiger partial charge in [-0.3, -0.25) is 9.48 Å². The largest absolute Gasteiger partial charge is 0.416 e. The number of alkyl halides is 3. The number of hydrogen-bond donors (Lipinski definition) is 1. The topological polar surface area (TPSA) is 62.5 Å². The summed E-state index contributed by atoms with van der Waals surface area (Å²) in [6.45, 7) is 1.47. The molecular weight excluding hydrogens is 482 g/mol. The zero-order chi connectivity index (χ0) is 25.2. The summed E-state index contributed by atoms with van der Waals surface area (Å²) >= 11 is 1.27. The van der Waals surface area contributed by atoms with Gasteiger partial charge in [0.1, 0.15) is 5.82 Å². The zero-order valence-electron chi connectivity index (χ0n) is 19.1. The van der Waals surface area contributed by atoms with Gasteiger partial charge in [-0.15, -0.1) is 0 Å². The van der Waals surface area contributed by atoms with E-state index in [9.17, 15) is 22.4 Å². The van der Waals surface area contributed by atoms with Gasteiger partial charge in [-0.25, -0.2) is 4.39 Å². The third kappa shape index (κ3) is 6.09. The third-order valence-electron chi connectivity index (χ3n) is 5.34. The van der Waals surface area contributed by atoms with Gasteiger partial charge in [-0.1, -0.05) is 12.1 Å². The monoisotopic (exact) mass is 505 g/mol. The Morgan fingerprint density at radius 3 is 2.71 bits per heavy atom. The van der Waals surface area contributed by atoms with E-state index in [-0.39, 0.29) is 18.0 Å². The summed E-state index contributed by atoms with van der Waals surface area (Å²) in [5.74, 6) is -1.27. The number of carbonyl (C=O) groups is 1. The maximum atomic E-state index is 13.4. The molecule has 0 spiro atoms. The van der Waals surface area contributed by atoms with Crippen LogP contribution in [0, 0.1) is 5.82 Å². The van der Waals surface area contributed by atoms with Crippen LogP contribution in [0.4, 0.5) is 17.6 Å². The molecule has 0 unspecified atom stereocenters. The second-order valence-electron chi connectivity index (χ2n) is 8.34. The number of nitrogens with one attached hydrogen (secondary N) is 1. The lowest BCUT2D eigenvalue weighted by Gasteiger charge is -2.13. The van der Waals surface area contributed by atoms with Crippen LogP contribution in [0.2, 0.25) is 0 Å². The molecule has 1 aromatic heterocycles. The van der Waals surface area contributed by atoms with Crippen molar-refractivity contribution in [3.8, 4) is 0 Å². The van der Waals surface area contributed by atoms with Crippen molar-refractivity contribution in [3.63, 3.8) is 0 Å². The van der Waals surface area contributed by atoms with Crippen LogP contribution in [0.3, 0.4) is 0 Å². The number of carbonyl (C=O) groups excluding carboxylic acids is 1. The number of hydrogen-bond acceptors (Lipinski definition) is 5. The Hall–Kier alpha value is -3.18. The van der Waals surface area contributed by atoms with Gasteiger partial charge < -0.3 is 10.2 Å². The number of amides is 1. The minimum Gasteiger partial charge on any atom is -0.364 e. The highest BCUT2D eigenvalue weighted by Gasteiger charge is 2.34. The predicted octanol–water partition coefficient (Wildman–Crippen LogP) is 4.75. The third-order valence-corrected chi connectivity index (χ3v) is 6.28. The van der Waals surface area contributed by atoms with Gasteiger partial charge in [0.15, 0.2) is 5.17 Å². The van der Waals surface area contributed by atoms with Crippen molar-refractivity contribution < 1.29 is 22.4 Å². The molecule has 11 heteroatoms. The molecule has 1 aliphatic rings. The first kappa shape index (κ1) is 24.9. The van der Waals surface area contributed by atoms with E-state index < -0.39 is 17.6 Å². The van der Waals surface area contributed by atoms with Crippen LogP contribution in [0.25, 0.3) is 17.0 Å². The van der Waals surface area contributed by atoms with Gasteiger partial charge in [0.05, 0.1) is 28.7 Å². The number of aromatic nitrogens is 2. The van der Waals surface area contributed by atoms with Gasteiger partial charge in [-0.2, -0.15) is 23.3 Å². The van der Waals surface area contributed by atoms with Crippen molar-refractivity contribution in [1.29, 1.82) is 0 Å². The van der Waals surface area contributed by atoms with Gasteiger partial charge in [0.25, 0.3) is 5.91 Å². The molecule has 0 bridgehead atoms. The van der Waals surface area contributed by atoms with E-state index in [1.165, 1.54) is 16.4 Å². The van der Waals surface area contributed by atoms with E-state index in [0.29, 0.717) is 33.6 Å². The highest BCUT2D eigenvalue weighted by atomic mass is 32.2. The summed E-state index contributed by atoms with van der Waals surface area (Å²) in [6, 6.07) is 7.92. The molecule has 0 fully saturated rings. The summed E-state index contributed by atoms with van der Waals surface area (Å²) in [5.41, 5.74) is 0.264. The number of rotatable bonds is 7. The molecule has 2 aromatic carbocycles. The molecule has 0 radical (unpaired) electrons. The molecule has 1 aliphatic heterocycles. The number of aliphatic imine (C=N–C) groups is 1. The fourth-order valence-corrected chi connectivity index (χ4v) is 4.50. The summed E-state index contributed by atoms with van der Waals surface area (Å²) in [4.78, 5) is 18.9. The first-order valence-corrected chi connectivity index (χ1v) is 11.6. The molecule has 2 heterocycles. The lowest BCUT2D eigenvalue weighted by atomic mass is 10.1. The minimum atomic E-state index is -4.67. The molecule has 35 heavy (non-hydrogen) atoms. The van der Waals surface area contributed by atoms with Crippen molar-refractivity contribution in [2.24, 2.45) is 4.99 Å². The maximum Gasteiger partial charge on any atom is 0.416 e. The normalized spacial score (nSPS) is 15.5. The van der Waals surface area contributed by atoms with Crippen LogP contribution in [-0.4, -0.2) is 52.9 Å². The second kappa shape index (κ2) is 10.2. The van der Waals surface area contributed by atoms with Crippen LogP contribution in [0.15, 0.2) is 52.5 Å². The Morgan fingerprint density at radius 2 is 1.97 bits per heavy atom. The molecule has 3 aromatic rings. The minimum absolute atomic E-state index is 0.0780. The number of amidine groups is 1. The molecule has 1 N–H and O–H groups in total. The number of nitrogens with zero attached hydrogens (tertiary/aromatic N) is 4. The molecule has 0 saturated carbocycles. The lowest BCUT2D eigenvalue weighted by molar-refractivity contribution is -0.138. The van der Waals surface area contributed by atoms with Gasteiger partial charge >= 0.3 is 6.18 Å². The molecule has 0 saturated heterocycles. The maximum absolute atomic E-state index is 13.4. The van der Waals surface area contributed by atoms with E-state index in [0.717, 1.165) is 30.7 Å². The van der Waals surface area contributed by atoms with Crippen LogP contribution in [0.1, 0.15) is 23.1 Å². The molecular formula is C24H23F4N5OS. The first-order chi connectivity index (χ1) is 16.6. The fraction of sp³-hybridized carbons (Fsp3) is 0.292. The van der Waals surface area contributed by atoms with Crippen LogP contribution in [-0.2, 0) is 17.5 Å². The van der Waals surface area contributed by atoms with Crippen molar-refractivity contribution >= 4 is 39.8 Å². The molecule has 0 atom stereocenters. The van der Waals surface area contributed by atoms with Crippen molar-refractivity contribution in [2.75, 3.05) is 27.2 Å². The van der Waals surface area contributed by atoms with Crippen LogP contribution < -0.4 is 5.32 Å². The number of halogens is 4. The van der Waals surface area contributed by atoms with E-state index in [1.54, 1.807) is 30.5 Å². The van der Waals surface area contributed by atoms with Crippen LogP contribution >= 0.6 is 11.8 Å². The second-order valence-corrected chi connectivity index (χ2v) is 9.37. The standard InChI is InChI=1S/C24H23F4N5OS/c1-32(2)9-3-8-29-23-31-22(34)21(35-23)11-15-4-7-20-17(10-15)13-30-33(20)14-16-5-6-18(25)12-19(16)24(26,27)28/h4-7,10-13H,3,8-9,14H2,1-2H3,(H,29,31,34)/b21-11-. The summed E-state index contributed by atoms with van der Waals surface area (Å²) in [5, 5.41) is 8.65. The van der Waals surface area contributed by atoms with E-state index in [4.69, 9.17) is 0 Å². The summed E-state index contributed by atoms with van der Waals surface area (Å²) < 4.78 is 54.9. The number of fused-ring (bicyclic) bond motifs is 1. The zero-order valence-corrected chi connectivity index (χ0v) is 19.9. The lowest BCUT2D eigenvalue weighted by Crippen LogP contribution is -2.24.